The van der Waals surface area contributed by atoms with Crippen LogP contribution in [0.5, 0.6) is 0 Å². The van der Waals surface area contributed by atoms with Crippen LogP contribution in [0.3, 0.4) is 0 Å². The summed E-state index contributed by atoms with van der Waals surface area (Å²) in [7, 11) is 0. The Morgan fingerprint density at radius 2 is 2.21 bits per heavy atom. The second kappa shape index (κ2) is 5.62. The van der Waals surface area contributed by atoms with Crippen LogP contribution < -0.4 is 5.32 Å². The van der Waals surface area contributed by atoms with Crippen molar-refractivity contribution in [2.45, 2.75) is 25.8 Å². The van der Waals surface area contributed by atoms with Gasteiger partial charge in [0.05, 0.1) is 24.9 Å². The average molecular weight is 285 g/mol. The lowest BCUT2D eigenvalue weighted by molar-refractivity contribution is -0.142. The van der Waals surface area contributed by atoms with Crippen molar-refractivity contribution in [2.75, 3.05) is 13.2 Å². The molecule has 1 aromatic rings. The summed E-state index contributed by atoms with van der Waals surface area (Å²) in [6.07, 6.45) is 0. The Morgan fingerprint density at radius 3 is 2.84 bits per heavy atom. The second-order valence-corrected chi connectivity index (χ2v) is 5.46. The topological polar surface area (TPSA) is 101 Å². The molecule has 8 heteroatoms. The van der Waals surface area contributed by atoms with Crippen LogP contribution in [0.25, 0.3) is 0 Å². The van der Waals surface area contributed by atoms with Gasteiger partial charge >= 0.3 is 5.97 Å². The molecule has 19 heavy (non-hydrogen) atoms. The summed E-state index contributed by atoms with van der Waals surface area (Å²) in [5.74, 6) is -1.91. The number of carbonyl (C=O) groups excluding carboxylic acids is 1. The lowest BCUT2D eigenvalue weighted by Gasteiger charge is -2.15. The standard InChI is InChI=1S/C11H15N3O4S/c1-5(2)8-9(19-14-13-8)10(15)12-7-4-18-3-6(7)11(16)17/h5-7H,3-4H2,1-2H3,(H,12,15)(H,16,17). The van der Waals surface area contributed by atoms with Crippen LogP contribution in [-0.2, 0) is 9.53 Å². The minimum absolute atomic E-state index is 0.0922. The number of rotatable bonds is 4. The maximum atomic E-state index is 12.1. The number of aromatic nitrogens is 2. The molecule has 104 valence electrons. The monoisotopic (exact) mass is 285 g/mol. The third-order valence-electron chi connectivity index (χ3n) is 2.98. The van der Waals surface area contributed by atoms with E-state index in [2.05, 4.69) is 14.9 Å². The highest BCUT2D eigenvalue weighted by atomic mass is 32.1. The summed E-state index contributed by atoms with van der Waals surface area (Å²) in [6.45, 7) is 4.18. The molecule has 1 aromatic heterocycles. The fourth-order valence-corrected chi connectivity index (χ4v) is 2.63. The smallest absolute Gasteiger partial charge is 0.311 e. The van der Waals surface area contributed by atoms with Gasteiger partial charge in [0.25, 0.3) is 5.91 Å². The second-order valence-electron chi connectivity index (χ2n) is 4.70. The van der Waals surface area contributed by atoms with Gasteiger partial charge in [-0.1, -0.05) is 18.3 Å². The Balaban J connectivity index is 2.09. The van der Waals surface area contributed by atoms with Gasteiger partial charge in [0.2, 0.25) is 0 Å². The molecule has 0 saturated carbocycles. The van der Waals surface area contributed by atoms with Gasteiger partial charge in [-0.05, 0) is 17.5 Å². The van der Waals surface area contributed by atoms with Crippen LogP contribution in [0.1, 0.15) is 35.1 Å². The quantitative estimate of drug-likeness (QED) is 0.835. The highest BCUT2D eigenvalue weighted by molar-refractivity contribution is 7.08. The zero-order valence-electron chi connectivity index (χ0n) is 10.6. The van der Waals surface area contributed by atoms with Crippen molar-refractivity contribution >= 4 is 23.4 Å². The summed E-state index contributed by atoms with van der Waals surface area (Å²) in [5.41, 5.74) is 0.633. The van der Waals surface area contributed by atoms with Crippen molar-refractivity contribution in [1.82, 2.24) is 14.9 Å². The van der Waals surface area contributed by atoms with Crippen LogP contribution in [-0.4, -0.2) is 45.8 Å². The number of carboxylic acid groups (broad SMARTS) is 1. The number of hydrogen-bond donors (Lipinski definition) is 2. The molecule has 0 aromatic carbocycles. The predicted octanol–water partition coefficient (Wildman–Crippen LogP) is 0.491. The molecular formula is C11H15N3O4S. The fourth-order valence-electron chi connectivity index (χ4n) is 1.91. The molecule has 1 aliphatic rings. The van der Waals surface area contributed by atoms with Crippen molar-refractivity contribution in [3.05, 3.63) is 10.6 Å². The molecule has 1 amide bonds. The molecule has 2 unspecified atom stereocenters. The first kappa shape index (κ1) is 13.9. The first-order valence-corrected chi connectivity index (χ1v) is 6.71. The first-order valence-electron chi connectivity index (χ1n) is 5.94. The van der Waals surface area contributed by atoms with Crippen LogP contribution in [0.15, 0.2) is 0 Å². The van der Waals surface area contributed by atoms with E-state index >= 15 is 0 Å². The molecule has 1 aliphatic heterocycles. The molecule has 0 spiro atoms. The Bertz CT molecular complexity index is 488. The largest absolute Gasteiger partial charge is 0.481 e. The van der Waals surface area contributed by atoms with Gasteiger partial charge in [0, 0.05) is 0 Å². The first-order chi connectivity index (χ1) is 9.00. The highest BCUT2D eigenvalue weighted by Gasteiger charge is 2.36. The molecule has 0 radical (unpaired) electrons. The minimum Gasteiger partial charge on any atom is -0.481 e. The van der Waals surface area contributed by atoms with E-state index in [1.54, 1.807) is 0 Å². The highest BCUT2D eigenvalue weighted by Crippen LogP contribution is 2.21. The lowest BCUT2D eigenvalue weighted by Crippen LogP contribution is -2.42. The van der Waals surface area contributed by atoms with Crippen LogP contribution in [0.4, 0.5) is 0 Å². The molecule has 0 bridgehead atoms. The van der Waals surface area contributed by atoms with Gasteiger partial charge in [0.1, 0.15) is 10.8 Å². The number of carbonyl (C=O) groups is 2. The molecule has 2 N–H and O–H groups in total. The maximum absolute atomic E-state index is 12.1. The van der Waals surface area contributed by atoms with E-state index in [-0.39, 0.29) is 25.0 Å². The number of aliphatic carboxylic acids is 1. The van der Waals surface area contributed by atoms with Crippen LogP contribution in [0, 0.1) is 5.92 Å². The number of carboxylic acids is 1. The zero-order chi connectivity index (χ0) is 14.0. The molecule has 0 aliphatic carbocycles. The predicted molar refractivity (Wildman–Crippen MR) is 67.2 cm³/mol. The van der Waals surface area contributed by atoms with Crippen molar-refractivity contribution in [3.8, 4) is 0 Å². The fraction of sp³-hybridized carbons (Fsp3) is 0.636. The minimum atomic E-state index is -0.964. The number of hydrogen-bond acceptors (Lipinski definition) is 6. The van der Waals surface area contributed by atoms with Gasteiger partial charge in [-0.15, -0.1) is 5.10 Å². The Morgan fingerprint density at radius 1 is 1.47 bits per heavy atom. The average Bonchev–Trinajstić information content (AvgIpc) is 2.96. The zero-order valence-corrected chi connectivity index (χ0v) is 11.4. The molecule has 2 heterocycles. The van der Waals surface area contributed by atoms with Crippen LogP contribution >= 0.6 is 11.5 Å². The van der Waals surface area contributed by atoms with E-state index in [0.29, 0.717) is 10.6 Å². The van der Waals surface area contributed by atoms with E-state index in [1.165, 1.54) is 0 Å². The van der Waals surface area contributed by atoms with E-state index < -0.39 is 17.9 Å². The number of nitrogens with zero attached hydrogens (tertiary/aromatic N) is 2. The Kier molecular flexibility index (Phi) is 4.11. The SMILES string of the molecule is CC(C)c1nnsc1C(=O)NC1COCC1C(=O)O. The summed E-state index contributed by atoms with van der Waals surface area (Å²) >= 11 is 1.02. The molecular weight excluding hydrogens is 270 g/mol. The van der Waals surface area contributed by atoms with Gasteiger partial charge in [-0.2, -0.15) is 0 Å². The Hall–Kier alpha value is -1.54. The number of ether oxygens (including phenoxy) is 1. The molecule has 1 saturated heterocycles. The summed E-state index contributed by atoms with van der Waals surface area (Å²) in [4.78, 5) is 23.6. The summed E-state index contributed by atoms with van der Waals surface area (Å²) in [6, 6.07) is -0.507. The van der Waals surface area contributed by atoms with Gasteiger partial charge < -0.3 is 15.2 Å². The summed E-state index contributed by atoms with van der Waals surface area (Å²) in [5, 5.41) is 15.6. The number of amides is 1. The van der Waals surface area contributed by atoms with Crippen molar-refractivity contribution in [2.24, 2.45) is 5.92 Å². The van der Waals surface area contributed by atoms with Crippen molar-refractivity contribution < 1.29 is 19.4 Å². The Labute approximate surface area is 114 Å². The van der Waals surface area contributed by atoms with Crippen molar-refractivity contribution in [1.29, 1.82) is 0 Å². The summed E-state index contributed by atoms with van der Waals surface area (Å²) < 4.78 is 8.88. The molecule has 2 atom stereocenters. The van der Waals surface area contributed by atoms with Gasteiger partial charge in [0.15, 0.2) is 0 Å². The molecule has 2 rings (SSSR count). The van der Waals surface area contributed by atoms with E-state index in [1.807, 2.05) is 13.8 Å². The van der Waals surface area contributed by atoms with E-state index in [4.69, 9.17) is 9.84 Å². The molecule has 1 fully saturated rings. The maximum Gasteiger partial charge on any atom is 0.311 e. The van der Waals surface area contributed by atoms with E-state index in [9.17, 15) is 9.59 Å². The number of nitrogens with one attached hydrogen (secondary N) is 1. The van der Waals surface area contributed by atoms with Crippen molar-refractivity contribution in [3.63, 3.8) is 0 Å². The van der Waals surface area contributed by atoms with Crippen LogP contribution in [0.2, 0.25) is 0 Å². The third kappa shape index (κ3) is 2.90. The van der Waals surface area contributed by atoms with E-state index in [0.717, 1.165) is 11.5 Å². The normalized spacial score (nSPS) is 22.7. The molecule has 7 nitrogen and oxygen atoms in total. The van der Waals surface area contributed by atoms with Gasteiger partial charge in [-0.3, -0.25) is 9.59 Å². The van der Waals surface area contributed by atoms with Gasteiger partial charge in [-0.25, -0.2) is 0 Å². The third-order valence-corrected chi connectivity index (χ3v) is 3.72. The lowest BCUT2D eigenvalue weighted by atomic mass is 10.0.